The van der Waals surface area contributed by atoms with Crippen molar-refractivity contribution in [2.75, 3.05) is 63.6 Å². The lowest BCUT2D eigenvalue weighted by Crippen LogP contribution is -2.49. The minimum absolute atomic E-state index is 0.156. The van der Waals surface area contributed by atoms with E-state index in [4.69, 9.17) is 9.47 Å². The molecule has 0 unspecified atom stereocenters. The van der Waals surface area contributed by atoms with E-state index >= 15 is 0 Å². The van der Waals surface area contributed by atoms with E-state index in [1.165, 1.54) is 11.4 Å². The topological polar surface area (TPSA) is 131 Å². The predicted molar refractivity (Wildman–Crippen MR) is 130 cm³/mol. The molecular weight excluding hydrogens is 490 g/mol. The van der Waals surface area contributed by atoms with Crippen molar-refractivity contribution in [3.8, 4) is 5.88 Å². The van der Waals surface area contributed by atoms with Crippen molar-refractivity contribution in [3.63, 3.8) is 0 Å². The number of methoxy groups -OCH3 is 1. The Labute approximate surface area is 211 Å². The second-order valence-corrected chi connectivity index (χ2v) is 11.9. The van der Waals surface area contributed by atoms with Gasteiger partial charge in [-0.25, -0.2) is 23.2 Å². The number of rotatable bonds is 9. The molecule has 200 valence electrons. The fourth-order valence-electron chi connectivity index (χ4n) is 4.22. The average molecular weight is 526 g/mol. The van der Waals surface area contributed by atoms with Crippen LogP contribution in [0.4, 0.5) is 10.6 Å². The number of sulfonamides is 1. The Balaban J connectivity index is 1.17. The third-order valence-electron chi connectivity index (χ3n) is 6.99. The van der Waals surface area contributed by atoms with Crippen molar-refractivity contribution >= 4 is 27.9 Å². The summed E-state index contributed by atoms with van der Waals surface area (Å²) in [5.74, 6) is 0.634. The summed E-state index contributed by atoms with van der Waals surface area (Å²) in [4.78, 5) is 36.0. The Bertz CT molecular complexity index is 1020. The molecule has 3 fully saturated rings. The van der Waals surface area contributed by atoms with Gasteiger partial charge in [0.15, 0.2) is 0 Å². The van der Waals surface area contributed by atoms with E-state index in [1.54, 1.807) is 17.3 Å². The summed E-state index contributed by atoms with van der Waals surface area (Å²) in [7, 11) is -2.27. The Kier molecular flexibility index (Phi) is 8.18. The van der Waals surface area contributed by atoms with Crippen molar-refractivity contribution in [2.45, 2.75) is 44.6 Å². The van der Waals surface area contributed by atoms with Gasteiger partial charge in [-0.1, -0.05) is 0 Å². The highest BCUT2D eigenvalue weighted by Gasteiger charge is 2.43. The fourth-order valence-corrected chi connectivity index (χ4v) is 5.63. The number of amides is 1. The quantitative estimate of drug-likeness (QED) is 0.434. The number of esters is 1. The Morgan fingerprint density at radius 2 is 1.75 bits per heavy atom. The summed E-state index contributed by atoms with van der Waals surface area (Å²) in [6.45, 7) is 5.40. The summed E-state index contributed by atoms with van der Waals surface area (Å²) in [5.41, 5.74) is -0.251. The molecule has 2 saturated heterocycles. The summed E-state index contributed by atoms with van der Waals surface area (Å²) >= 11 is 0. The number of hydrogen-bond acceptors (Lipinski definition) is 10. The van der Waals surface area contributed by atoms with Gasteiger partial charge in [-0.2, -0.15) is 4.31 Å². The van der Waals surface area contributed by atoms with Gasteiger partial charge >= 0.3 is 12.1 Å². The summed E-state index contributed by atoms with van der Waals surface area (Å²) in [5, 5.41) is 0. The SMILES string of the molecule is COC(=O)CCS(=O)(=O)N1CCN(c2cnc(OCC3CCN(C(=O)OC4(C)CC4)CC3)cn2)CC1. The van der Waals surface area contributed by atoms with Crippen molar-refractivity contribution in [1.82, 2.24) is 19.2 Å². The Morgan fingerprint density at radius 3 is 2.33 bits per heavy atom. The van der Waals surface area contributed by atoms with Crippen LogP contribution in [0.2, 0.25) is 0 Å². The van der Waals surface area contributed by atoms with Crippen LogP contribution in [0.25, 0.3) is 0 Å². The van der Waals surface area contributed by atoms with Gasteiger partial charge < -0.3 is 24.0 Å². The number of piperazine rings is 1. The second-order valence-electron chi connectivity index (χ2n) is 9.80. The zero-order valence-corrected chi connectivity index (χ0v) is 21.7. The third kappa shape index (κ3) is 6.96. The van der Waals surface area contributed by atoms with Crippen molar-refractivity contribution in [2.24, 2.45) is 5.92 Å². The number of carbonyl (C=O) groups excluding carboxylic acids is 2. The van der Waals surface area contributed by atoms with Crippen LogP contribution >= 0.6 is 0 Å². The van der Waals surface area contributed by atoms with Crippen LogP contribution < -0.4 is 9.64 Å². The van der Waals surface area contributed by atoms with Crippen LogP contribution in [0.5, 0.6) is 5.88 Å². The highest BCUT2D eigenvalue weighted by molar-refractivity contribution is 7.89. The van der Waals surface area contributed by atoms with E-state index < -0.39 is 16.0 Å². The van der Waals surface area contributed by atoms with E-state index in [-0.39, 0.29) is 23.9 Å². The number of carbonyl (C=O) groups is 2. The standard InChI is InChI=1S/C23H35N5O7S/c1-23(6-7-23)35-22(30)27-8-3-18(4-9-27)17-34-20-16-24-19(15-25-20)26-10-12-28(13-11-26)36(31,32)14-5-21(29)33-2/h15-16,18H,3-14,17H2,1-2H3. The third-order valence-corrected chi connectivity index (χ3v) is 8.86. The zero-order chi connectivity index (χ0) is 25.8. The van der Waals surface area contributed by atoms with Crippen LogP contribution in [0.3, 0.4) is 0 Å². The van der Waals surface area contributed by atoms with E-state index in [1.807, 2.05) is 11.8 Å². The van der Waals surface area contributed by atoms with Crippen molar-refractivity contribution in [3.05, 3.63) is 12.4 Å². The molecule has 4 rings (SSSR count). The number of hydrogen-bond donors (Lipinski definition) is 0. The number of likely N-dealkylation sites (tertiary alicyclic amines) is 1. The lowest BCUT2D eigenvalue weighted by Gasteiger charge is -2.34. The molecule has 1 aliphatic carbocycles. The monoisotopic (exact) mass is 525 g/mol. The molecule has 0 atom stereocenters. The first-order valence-corrected chi connectivity index (χ1v) is 14.0. The normalized spacial score (nSPS) is 20.6. The molecule has 13 heteroatoms. The van der Waals surface area contributed by atoms with Gasteiger partial charge in [0, 0.05) is 39.3 Å². The van der Waals surface area contributed by atoms with E-state index in [0.717, 1.165) is 25.7 Å². The molecule has 36 heavy (non-hydrogen) atoms. The molecule has 12 nitrogen and oxygen atoms in total. The Morgan fingerprint density at radius 1 is 1.06 bits per heavy atom. The molecule has 0 spiro atoms. The molecule has 3 heterocycles. The number of anilines is 1. The molecule has 1 amide bonds. The lowest BCUT2D eigenvalue weighted by molar-refractivity contribution is -0.140. The fraction of sp³-hybridized carbons (Fsp3) is 0.739. The largest absolute Gasteiger partial charge is 0.476 e. The molecule has 3 aliphatic rings. The van der Waals surface area contributed by atoms with Crippen LogP contribution in [0, 0.1) is 5.92 Å². The smallest absolute Gasteiger partial charge is 0.410 e. The summed E-state index contributed by atoms with van der Waals surface area (Å²) in [6.07, 6.45) is 6.44. The first-order valence-electron chi connectivity index (χ1n) is 12.4. The predicted octanol–water partition coefficient (Wildman–Crippen LogP) is 1.27. The first-order chi connectivity index (χ1) is 17.2. The van der Waals surface area contributed by atoms with Gasteiger partial charge in [0.25, 0.3) is 0 Å². The van der Waals surface area contributed by atoms with Gasteiger partial charge in [-0.05, 0) is 38.5 Å². The highest BCUT2D eigenvalue weighted by atomic mass is 32.2. The average Bonchev–Trinajstić information content (AvgIpc) is 3.63. The van der Waals surface area contributed by atoms with E-state index in [0.29, 0.717) is 63.5 Å². The summed E-state index contributed by atoms with van der Waals surface area (Å²) in [6, 6.07) is 0. The van der Waals surface area contributed by atoms with Crippen LogP contribution in [-0.2, 0) is 24.3 Å². The van der Waals surface area contributed by atoms with Crippen molar-refractivity contribution < 1.29 is 32.2 Å². The maximum atomic E-state index is 12.4. The van der Waals surface area contributed by atoms with Gasteiger partial charge in [0.2, 0.25) is 15.9 Å². The molecule has 0 aromatic carbocycles. The highest BCUT2D eigenvalue weighted by Crippen LogP contribution is 2.39. The maximum absolute atomic E-state index is 12.4. The number of ether oxygens (including phenoxy) is 3. The molecule has 0 N–H and O–H groups in total. The maximum Gasteiger partial charge on any atom is 0.410 e. The first kappa shape index (κ1) is 26.4. The van der Waals surface area contributed by atoms with Crippen LogP contribution in [-0.4, -0.2) is 104 Å². The number of piperidine rings is 1. The van der Waals surface area contributed by atoms with E-state index in [2.05, 4.69) is 14.7 Å². The molecule has 0 bridgehead atoms. The number of nitrogens with zero attached hydrogens (tertiary/aromatic N) is 5. The molecule has 1 aromatic heterocycles. The molecule has 0 radical (unpaired) electrons. The molecule has 1 aromatic rings. The van der Waals surface area contributed by atoms with Crippen LogP contribution in [0.1, 0.15) is 39.0 Å². The van der Waals surface area contributed by atoms with Crippen LogP contribution in [0.15, 0.2) is 12.4 Å². The van der Waals surface area contributed by atoms with Crippen molar-refractivity contribution in [1.29, 1.82) is 0 Å². The Hall–Kier alpha value is -2.67. The van der Waals surface area contributed by atoms with Gasteiger partial charge in [-0.15, -0.1) is 0 Å². The van der Waals surface area contributed by atoms with Gasteiger partial charge in [-0.3, -0.25) is 4.79 Å². The minimum Gasteiger partial charge on any atom is -0.476 e. The molecule has 2 aliphatic heterocycles. The molecule has 1 saturated carbocycles. The lowest BCUT2D eigenvalue weighted by atomic mass is 9.98. The minimum atomic E-state index is -3.51. The second kappa shape index (κ2) is 11.2. The van der Waals surface area contributed by atoms with Gasteiger partial charge in [0.1, 0.15) is 11.4 Å². The zero-order valence-electron chi connectivity index (χ0n) is 20.9. The van der Waals surface area contributed by atoms with Gasteiger partial charge in [0.05, 0.1) is 38.3 Å². The molecular formula is C23H35N5O7S. The number of aromatic nitrogens is 2. The summed E-state index contributed by atoms with van der Waals surface area (Å²) < 4.78 is 42.2. The van der Waals surface area contributed by atoms with E-state index in [9.17, 15) is 18.0 Å².